The first-order valence-corrected chi connectivity index (χ1v) is 30.7. The quantitative estimate of drug-likeness (QED) is 0.0326. The van der Waals surface area contributed by atoms with Crippen LogP contribution in [0.3, 0.4) is 0 Å². The lowest BCUT2D eigenvalue weighted by Crippen LogP contribution is -2.70. The molecule has 30 nitrogen and oxygen atoms in total. The second kappa shape index (κ2) is 35.6. The molecule has 0 radical (unpaired) electrons. The van der Waals surface area contributed by atoms with Crippen molar-refractivity contribution in [2.24, 2.45) is 0 Å². The first kappa shape index (κ1) is 71.2. The summed E-state index contributed by atoms with van der Waals surface area (Å²) in [5.74, 6) is 0. The number of hydrogen-bond donors (Lipinski definition) is 13. The van der Waals surface area contributed by atoms with Gasteiger partial charge in [-0.2, -0.15) is 0 Å². The lowest BCUT2D eigenvalue weighted by molar-refractivity contribution is -0.315. The van der Waals surface area contributed by atoms with Crippen LogP contribution in [-0.4, -0.2) is 221 Å². The number of rotatable bonds is 27. The minimum absolute atomic E-state index is 0.133. The van der Waals surface area contributed by atoms with Gasteiger partial charge in [0, 0.05) is 6.54 Å². The summed E-state index contributed by atoms with van der Waals surface area (Å²) in [6.45, 7) is -4.68. The third kappa shape index (κ3) is 20.0. The molecule has 0 unspecified atom stereocenters. The van der Waals surface area contributed by atoms with E-state index in [1.54, 1.807) is 152 Å². The molecule has 5 aromatic carbocycles. The highest BCUT2D eigenvalue weighted by Crippen LogP contribution is 2.37. The van der Waals surface area contributed by atoms with Crippen molar-refractivity contribution in [2.45, 2.75) is 156 Å². The van der Waals surface area contributed by atoms with Gasteiger partial charge in [-0.25, -0.2) is 24.0 Å². The second-order valence-corrected chi connectivity index (χ2v) is 22.6. The van der Waals surface area contributed by atoms with E-state index in [-0.39, 0.29) is 33.0 Å². The van der Waals surface area contributed by atoms with Crippen LogP contribution in [0.25, 0.3) is 0 Å². The van der Waals surface area contributed by atoms with Crippen molar-refractivity contribution in [2.75, 3.05) is 33.0 Å². The molecule has 4 aliphatic rings. The number of ether oxygens (including phenoxy) is 12. The normalized spacial score (nSPS) is 29.6. The van der Waals surface area contributed by atoms with E-state index in [9.17, 15) is 64.8 Å². The average molecular weight is 1330 g/mol. The Balaban J connectivity index is 1.04. The first-order valence-electron chi connectivity index (χ1n) is 30.7. The molecule has 95 heavy (non-hydrogen) atoms. The van der Waals surface area contributed by atoms with Gasteiger partial charge in [0.25, 0.3) is 0 Å². The molecule has 30 heteroatoms. The molecule has 0 bridgehead atoms. The number of aliphatic hydroxyl groups is 8. The largest absolute Gasteiger partial charge is 0.445 e. The zero-order valence-corrected chi connectivity index (χ0v) is 51.2. The molecule has 3 saturated heterocycles. The zero-order valence-electron chi connectivity index (χ0n) is 51.2. The van der Waals surface area contributed by atoms with Crippen molar-refractivity contribution in [1.82, 2.24) is 26.6 Å². The van der Waals surface area contributed by atoms with E-state index in [2.05, 4.69) is 26.6 Å². The Morgan fingerprint density at radius 2 is 0.737 bits per heavy atom. The fraction of sp³-hybridized carbons (Fsp3) is 0.462. The Bertz CT molecular complexity index is 3160. The van der Waals surface area contributed by atoms with Gasteiger partial charge in [-0.05, 0) is 34.2 Å². The standard InChI is InChI=1S/C65H79N5O25/c71-26-27-84-57-55(94-58-47(69-64(82)88-35-40-22-12-4-13-23-40)52(77)50(75)44(90-58)29-66-61(79)85-32-37-16-6-1-7-17-37)46(31-73)92-60(57)95-56-49(74)42(67-62(80)86-33-38-18-8-2-9-19-38)28-43(68-63(81)87-34-39-20-10-3-11-21-39)54(56)93-59-48(53(78)51(76)45(30-72)91-59)70-65(83)89-36-41-24-14-5-15-25-41/h1-25,42-60,71-78H,26-36H2,(H,66,79)(H,67,80)(H,68,81)(H,69,82)(H,70,83)/t42-,43+,44+,45-,46-,47-,48-,49+,50-,51-,52-,53-,54-,55-,56-,57-,58-,59-,60+/m1/s1. The molecule has 514 valence electrons. The topological polar surface area (TPSA) is 418 Å². The first-order chi connectivity index (χ1) is 46.1. The molecule has 0 aromatic heterocycles. The van der Waals surface area contributed by atoms with Crippen molar-refractivity contribution in [3.05, 3.63) is 179 Å². The Labute approximate surface area is 545 Å². The van der Waals surface area contributed by atoms with Crippen molar-refractivity contribution in [3.63, 3.8) is 0 Å². The van der Waals surface area contributed by atoms with Crippen molar-refractivity contribution < 1.29 is 122 Å². The van der Waals surface area contributed by atoms with E-state index in [0.717, 1.165) is 0 Å². The van der Waals surface area contributed by atoms with Crippen LogP contribution in [0, 0.1) is 0 Å². The second-order valence-electron chi connectivity index (χ2n) is 22.6. The zero-order chi connectivity index (χ0) is 67.2. The Hall–Kier alpha value is -8.15. The van der Waals surface area contributed by atoms with Crippen molar-refractivity contribution >= 4 is 30.5 Å². The van der Waals surface area contributed by atoms with Crippen LogP contribution in [0.4, 0.5) is 24.0 Å². The maximum atomic E-state index is 14.1. The Kier molecular flexibility index (Phi) is 26.6. The fourth-order valence-electron chi connectivity index (χ4n) is 11.1. The third-order valence-corrected chi connectivity index (χ3v) is 16.0. The lowest BCUT2D eigenvalue weighted by atomic mass is 9.83. The van der Waals surface area contributed by atoms with Gasteiger partial charge in [0.1, 0.15) is 118 Å². The average Bonchev–Trinajstić information content (AvgIpc) is 1.76. The monoisotopic (exact) mass is 1330 g/mol. The number of benzene rings is 5. The molecule has 4 fully saturated rings. The summed E-state index contributed by atoms with van der Waals surface area (Å²) < 4.78 is 72.2. The van der Waals surface area contributed by atoms with Gasteiger partial charge in [0.05, 0.1) is 38.5 Å². The maximum Gasteiger partial charge on any atom is 0.407 e. The molecular weight excluding hydrogens is 1250 g/mol. The Morgan fingerprint density at radius 1 is 0.379 bits per heavy atom. The summed E-state index contributed by atoms with van der Waals surface area (Å²) in [6, 6.07) is 36.5. The molecule has 19 atom stereocenters. The number of alkyl carbamates (subject to hydrolysis) is 5. The molecule has 5 aromatic rings. The molecule has 5 amide bonds. The summed E-state index contributed by atoms with van der Waals surface area (Å²) in [5, 5.41) is 104. The number of amides is 5. The van der Waals surface area contributed by atoms with Gasteiger partial charge in [-0.1, -0.05) is 152 Å². The molecule has 1 aliphatic carbocycles. The van der Waals surface area contributed by atoms with E-state index in [1.807, 2.05) is 0 Å². The van der Waals surface area contributed by atoms with Gasteiger partial charge in [-0.15, -0.1) is 0 Å². The predicted octanol–water partition coefficient (Wildman–Crippen LogP) is 0.993. The Morgan fingerprint density at radius 3 is 1.16 bits per heavy atom. The molecule has 13 N–H and O–H groups in total. The van der Waals surface area contributed by atoms with Gasteiger partial charge in [0.2, 0.25) is 0 Å². The number of nitrogens with one attached hydrogen (secondary N) is 5. The van der Waals surface area contributed by atoms with Crippen LogP contribution in [0.15, 0.2) is 152 Å². The molecular formula is C65H79N5O25. The van der Waals surface area contributed by atoms with Gasteiger partial charge >= 0.3 is 30.5 Å². The summed E-state index contributed by atoms with van der Waals surface area (Å²) in [7, 11) is 0. The highest BCUT2D eigenvalue weighted by Gasteiger charge is 2.57. The smallest absolute Gasteiger partial charge is 0.407 e. The number of aliphatic hydroxyl groups excluding tert-OH is 8. The van der Waals surface area contributed by atoms with Crippen LogP contribution in [-0.2, 0) is 89.9 Å². The summed E-state index contributed by atoms with van der Waals surface area (Å²) in [6.07, 6.45) is -32.9. The minimum atomic E-state index is -1.98. The van der Waals surface area contributed by atoms with Crippen molar-refractivity contribution in [1.29, 1.82) is 0 Å². The van der Waals surface area contributed by atoms with Gasteiger partial charge < -0.3 is 124 Å². The van der Waals surface area contributed by atoms with E-state index >= 15 is 0 Å². The van der Waals surface area contributed by atoms with E-state index in [1.165, 1.54) is 0 Å². The van der Waals surface area contributed by atoms with Gasteiger partial charge in [0.15, 0.2) is 18.9 Å². The van der Waals surface area contributed by atoms with Crippen LogP contribution in [0.1, 0.15) is 34.2 Å². The third-order valence-electron chi connectivity index (χ3n) is 16.0. The molecule has 1 saturated carbocycles. The number of carbonyl (C=O) groups is 5. The predicted molar refractivity (Wildman–Crippen MR) is 325 cm³/mol. The summed E-state index contributed by atoms with van der Waals surface area (Å²) >= 11 is 0. The summed E-state index contributed by atoms with van der Waals surface area (Å²) in [5.41, 5.74) is 3.00. The van der Waals surface area contributed by atoms with Crippen LogP contribution < -0.4 is 26.6 Å². The van der Waals surface area contributed by atoms with Crippen LogP contribution >= 0.6 is 0 Å². The number of carbonyl (C=O) groups excluding carboxylic acids is 5. The highest BCUT2D eigenvalue weighted by molar-refractivity contribution is 5.70. The highest BCUT2D eigenvalue weighted by atomic mass is 16.8. The molecule has 3 aliphatic heterocycles. The summed E-state index contributed by atoms with van der Waals surface area (Å²) in [4.78, 5) is 68.1. The van der Waals surface area contributed by atoms with E-state index in [4.69, 9.17) is 56.8 Å². The van der Waals surface area contributed by atoms with E-state index in [0.29, 0.717) is 27.8 Å². The maximum absolute atomic E-state index is 14.1. The van der Waals surface area contributed by atoms with E-state index < -0.39 is 186 Å². The van der Waals surface area contributed by atoms with Crippen molar-refractivity contribution in [3.8, 4) is 0 Å². The number of hydrogen-bond acceptors (Lipinski definition) is 25. The molecule has 3 heterocycles. The fourth-order valence-corrected chi connectivity index (χ4v) is 11.1. The van der Waals surface area contributed by atoms with Crippen LogP contribution in [0.5, 0.6) is 0 Å². The minimum Gasteiger partial charge on any atom is -0.445 e. The SMILES string of the molecule is O=C(NC[C@@H]1O[C@H](O[C@H]2[C@@H](OCCO)[C@H](O[C@@H]3[C@@H](O)[C@H](NC(=O)OCc4ccccc4)C[C@H](NC(=O)OCc4ccccc4)[C@H]3O[C@H]3O[C@H](CO)[C@@H](O)[C@H](O)[C@H]3NC(=O)OCc3ccccc3)O[C@@H]2CO)[C@H](NC(=O)OCc2ccccc2)[C@@H](O)[C@@H]1O)OCc1ccccc1. The lowest BCUT2D eigenvalue weighted by Gasteiger charge is -2.49. The molecule has 0 spiro atoms. The van der Waals surface area contributed by atoms with Crippen LogP contribution in [0.2, 0.25) is 0 Å². The molecule has 9 rings (SSSR count). The van der Waals surface area contributed by atoms with Gasteiger partial charge in [-0.3, -0.25) is 0 Å².